The van der Waals surface area contributed by atoms with Gasteiger partial charge in [0.15, 0.2) is 0 Å². The van der Waals surface area contributed by atoms with Gasteiger partial charge in [-0.05, 0) is 24.6 Å². The fourth-order valence-corrected chi connectivity index (χ4v) is 2.03. The maximum atomic E-state index is 10.5. The highest BCUT2D eigenvalue weighted by Gasteiger charge is 2.01. The van der Waals surface area contributed by atoms with Crippen molar-refractivity contribution < 1.29 is 4.79 Å². The molecule has 2 rings (SSSR count). The van der Waals surface area contributed by atoms with Crippen molar-refractivity contribution in [2.24, 2.45) is 0 Å². The quantitative estimate of drug-likeness (QED) is 0.626. The van der Waals surface area contributed by atoms with Crippen molar-refractivity contribution in [3.63, 3.8) is 0 Å². The Morgan fingerprint density at radius 3 is 3.08 bits per heavy atom. The number of aldehydes is 1. The highest BCUT2D eigenvalue weighted by atomic mass is 32.1. The second kappa shape index (κ2) is 2.68. The van der Waals surface area contributed by atoms with Gasteiger partial charge in [0.25, 0.3) is 0 Å². The van der Waals surface area contributed by atoms with Crippen LogP contribution in [0.2, 0.25) is 0 Å². The lowest BCUT2D eigenvalue weighted by atomic mass is 10.1. The molecule has 12 heavy (non-hydrogen) atoms. The summed E-state index contributed by atoms with van der Waals surface area (Å²) < 4.78 is 1.08. The van der Waals surface area contributed by atoms with Gasteiger partial charge in [-0.25, -0.2) is 4.98 Å². The van der Waals surface area contributed by atoms with Gasteiger partial charge in [-0.15, -0.1) is 11.3 Å². The Labute approximate surface area is 73.9 Å². The number of aryl methyl sites for hydroxylation is 1. The van der Waals surface area contributed by atoms with Crippen molar-refractivity contribution in [2.75, 3.05) is 0 Å². The SMILES string of the molecule is Cc1cc(C=O)cc2scnc12. The van der Waals surface area contributed by atoms with E-state index < -0.39 is 0 Å². The maximum Gasteiger partial charge on any atom is 0.150 e. The van der Waals surface area contributed by atoms with E-state index in [2.05, 4.69) is 4.98 Å². The summed E-state index contributed by atoms with van der Waals surface area (Å²) in [5.41, 5.74) is 4.59. The number of nitrogens with zero attached hydrogens (tertiary/aromatic N) is 1. The largest absolute Gasteiger partial charge is 0.298 e. The first-order valence-corrected chi connectivity index (χ1v) is 4.48. The van der Waals surface area contributed by atoms with Crippen molar-refractivity contribution in [2.45, 2.75) is 6.92 Å². The van der Waals surface area contributed by atoms with Crippen LogP contribution < -0.4 is 0 Å². The molecule has 0 spiro atoms. The topological polar surface area (TPSA) is 30.0 Å². The first kappa shape index (κ1) is 7.43. The molecule has 0 fully saturated rings. The van der Waals surface area contributed by atoms with Gasteiger partial charge in [0.05, 0.1) is 15.7 Å². The number of rotatable bonds is 1. The molecular formula is C9H7NOS. The van der Waals surface area contributed by atoms with E-state index >= 15 is 0 Å². The van der Waals surface area contributed by atoms with Crippen LogP contribution in [0, 0.1) is 6.92 Å². The fraction of sp³-hybridized carbons (Fsp3) is 0.111. The molecule has 0 aliphatic heterocycles. The van der Waals surface area contributed by atoms with E-state index in [-0.39, 0.29) is 0 Å². The Morgan fingerprint density at radius 2 is 2.33 bits per heavy atom. The van der Waals surface area contributed by atoms with Crippen LogP contribution in [-0.2, 0) is 0 Å². The van der Waals surface area contributed by atoms with Gasteiger partial charge >= 0.3 is 0 Å². The molecule has 2 nitrogen and oxygen atoms in total. The van der Waals surface area contributed by atoms with Gasteiger partial charge < -0.3 is 0 Å². The van der Waals surface area contributed by atoms with E-state index in [1.165, 1.54) is 0 Å². The number of carbonyl (C=O) groups excluding carboxylic acids is 1. The number of hydrogen-bond acceptors (Lipinski definition) is 3. The Morgan fingerprint density at radius 1 is 1.50 bits per heavy atom. The van der Waals surface area contributed by atoms with Crippen LogP contribution in [0.15, 0.2) is 17.6 Å². The van der Waals surface area contributed by atoms with Crippen LogP contribution >= 0.6 is 11.3 Å². The van der Waals surface area contributed by atoms with E-state index in [0.29, 0.717) is 0 Å². The molecule has 0 saturated carbocycles. The van der Waals surface area contributed by atoms with Gasteiger partial charge in [-0.3, -0.25) is 4.79 Å². The fourth-order valence-electron chi connectivity index (χ4n) is 1.23. The Balaban J connectivity index is 2.83. The van der Waals surface area contributed by atoms with Crippen LogP contribution in [0.3, 0.4) is 0 Å². The first-order chi connectivity index (χ1) is 5.81. The van der Waals surface area contributed by atoms with Crippen LogP contribution in [0.1, 0.15) is 15.9 Å². The van der Waals surface area contributed by atoms with Crippen LogP contribution in [0.4, 0.5) is 0 Å². The third-order valence-corrected chi connectivity index (χ3v) is 2.56. The Hall–Kier alpha value is -1.22. The molecule has 0 aliphatic rings. The van der Waals surface area contributed by atoms with Crippen molar-refractivity contribution in [3.8, 4) is 0 Å². The van der Waals surface area contributed by atoms with E-state index in [4.69, 9.17) is 0 Å². The molecule has 2 aromatic rings. The monoisotopic (exact) mass is 177 g/mol. The number of benzene rings is 1. The average Bonchev–Trinajstić information content (AvgIpc) is 2.52. The second-order valence-electron chi connectivity index (χ2n) is 2.65. The lowest BCUT2D eigenvalue weighted by Gasteiger charge is -1.95. The highest BCUT2D eigenvalue weighted by Crippen LogP contribution is 2.22. The molecule has 0 atom stereocenters. The molecule has 0 saturated heterocycles. The second-order valence-corrected chi connectivity index (χ2v) is 3.54. The predicted molar refractivity (Wildman–Crippen MR) is 49.7 cm³/mol. The molecule has 0 radical (unpaired) electrons. The molecule has 1 heterocycles. The van der Waals surface area contributed by atoms with E-state index in [0.717, 1.165) is 27.6 Å². The molecule has 60 valence electrons. The van der Waals surface area contributed by atoms with Crippen molar-refractivity contribution in [3.05, 3.63) is 28.8 Å². The summed E-state index contributed by atoms with van der Waals surface area (Å²) >= 11 is 1.56. The zero-order chi connectivity index (χ0) is 8.55. The van der Waals surface area contributed by atoms with Crippen molar-refractivity contribution in [1.29, 1.82) is 0 Å². The molecule has 1 aromatic carbocycles. The van der Waals surface area contributed by atoms with E-state index in [1.54, 1.807) is 16.8 Å². The maximum absolute atomic E-state index is 10.5. The van der Waals surface area contributed by atoms with Gasteiger partial charge in [-0.1, -0.05) is 0 Å². The number of hydrogen-bond donors (Lipinski definition) is 0. The molecular weight excluding hydrogens is 170 g/mol. The molecule has 3 heteroatoms. The third-order valence-electron chi connectivity index (χ3n) is 1.79. The smallest absolute Gasteiger partial charge is 0.150 e. The number of carbonyl (C=O) groups is 1. The summed E-state index contributed by atoms with van der Waals surface area (Å²) in [4.78, 5) is 14.7. The zero-order valence-corrected chi connectivity index (χ0v) is 7.39. The van der Waals surface area contributed by atoms with Crippen LogP contribution in [-0.4, -0.2) is 11.3 Å². The summed E-state index contributed by atoms with van der Waals surface area (Å²) in [5, 5.41) is 0. The Bertz CT molecular complexity index is 433. The number of aromatic nitrogens is 1. The summed E-state index contributed by atoms with van der Waals surface area (Å²) in [7, 11) is 0. The van der Waals surface area contributed by atoms with Gasteiger partial charge in [0, 0.05) is 5.56 Å². The molecule has 0 bridgehead atoms. The summed E-state index contributed by atoms with van der Waals surface area (Å²) in [6.45, 7) is 1.97. The molecule has 0 N–H and O–H groups in total. The predicted octanol–water partition coefficient (Wildman–Crippen LogP) is 2.42. The molecule has 0 unspecified atom stereocenters. The first-order valence-electron chi connectivity index (χ1n) is 3.60. The highest BCUT2D eigenvalue weighted by molar-refractivity contribution is 7.16. The lowest BCUT2D eigenvalue weighted by molar-refractivity contribution is 0.112. The minimum Gasteiger partial charge on any atom is -0.298 e. The minimum absolute atomic E-state index is 0.726. The van der Waals surface area contributed by atoms with Crippen molar-refractivity contribution >= 4 is 27.8 Å². The third kappa shape index (κ3) is 1.02. The van der Waals surface area contributed by atoms with Gasteiger partial charge in [0.1, 0.15) is 6.29 Å². The van der Waals surface area contributed by atoms with E-state index in [9.17, 15) is 4.79 Å². The normalized spacial score (nSPS) is 10.4. The van der Waals surface area contributed by atoms with Gasteiger partial charge in [0.2, 0.25) is 0 Å². The zero-order valence-electron chi connectivity index (χ0n) is 6.57. The number of thiazole rings is 1. The lowest BCUT2D eigenvalue weighted by Crippen LogP contribution is -1.82. The summed E-state index contributed by atoms with van der Waals surface area (Å²) in [6, 6.07) is 3.72. The number of fused-ring (bicyclic) bond motifs is 1. The average molecular weight is 177 g/mol. The minimum atomic E-state index is 0.726. The van der Waals surface area contributed by atoms with Crippen LogP contribution in [0.5, 0.6) is 0 Å². The van der Waals surface area contributed by atoms with Gasteiger partial charge in [-0.2, -0.15) is 0 Å². The van der Waals surface area contributed by atoms with E-state index in [1.807, 2.05) is 19.1 Å². The molecule has 1 aromatic heterocycles. The standard InChI is InChI=1S/C9H7NOS/c1-6-2-7(4-11)3-8-9(6)10-5-12-8/h2-5H,1H3. The summed E-state index contributed by atoms with van der Waals surface area (Å²) in [6.07, 6.45) is 0.867. The summed E-state index contributed by atoms with van der Waals surface area (Å²) in [5.74, 6) is 0. The molecule has 0 aliphatic carbocycles. The van der Waals surface area contributed by atoms with Crippen molar-refractivity contribution in [1.82, 2.24) is 4.98 Å². The Kier molecular flexibility index (Phi) is 1.66. The van der Waals surface area contributed by atoms with Crippen LogP contribution in [0.25, 0.3) is 10.2 Å². The molecule has 0 amide bonds.